The van der Waals surface area contributed by atoms with Crippen molar-refractivity contribution in [3.8, 4) is 0 Å². The molecule has 1 aromatic carbocycles. The number of alkyl halides is 1. The van der Waals surface area contributed by atoms with E-state index in [0.717, 1.165) is 0 Å². The van der Waals surface area contributed by atoms with Crippen molar-refractivity contribution in [1.82, 2.24) is 0 Å². The van der Waals surface area contributed by atoms with Crippen LogP contribution in [0.15, 0.2) is 29.2 Å². The molecule has 0 spiro atoms. The van der Waals surface area contributed by atoms with Crippen LogP contribution in [0.3, 0.4) is 0 Å². The molecule has 1 atom stereocenters. The van der Waals surface area contributed by atoms with Crippen molar-refractivity contribution in [3.05, 3.63) is 29.8 Å². The van der Waals surface area contributed by atoms with Crippen LogP contribution >= 0.6 is 11.6 Å². The van der Waals surface area contributed by atoms with Crippen LogP contribution in [-0.2, 0) is 9.84 Å². The second kappa shape index (κ2) is 4.51. The average Bonchev–Trinajstić information content (AvgIpc) is 2.17. The summed E-state index contributed by atoms with van der Waals surface area (Å²) in [5.74, 6) is 0. The fourth-order valence-corrected chi connectivity index (χ4v) is 2.32. The first-order valence-electron chi connectivity index (χ1n) is 4.59. The molecule has 3 nitrogen and oxygen atoms in total. The maximum atomic E-state index is 11.7. The third kappa shape index (κ3) is 2.71. The second-order valence-corrected chi connectivity index (χ2v) is 6.54. The van der Waals surface area contributed by atoms with E-state index in [0.29, 0.717) is 10.5 Å². The van der Waals surface area contributed by atoms with Crippen LogP contribution in [0.4, 0.5) is 0 Å². The number of nitrogens with two attached hydrogens (primary N) is 1. The lowest BCUT2D eigenvalue weighted by molar-refractivity contribution is 0.587. The smallest absolute Gasteiger partial charge is 0.180 e. The Hall–Kier alpha value is -0.580. The highest BCUT2D eigenvalue weighted by atomic mass is 35.5. The number of hydrogen-bond donors (Lipinski definition) is 1. The lowest BCUT2D eigenvalue weighted by Crippen LogP contribution is -2.14. The van der Waals surface area contributed by atoms with Gasteiger partial charge < -0.3 is 5.73 Å². The predicted octanol–water partition coefficient (Wildman–Crippen LogP) is 2.06. The lowest BCUT2D eigenvalue weighted by Gasteiger charge is -2.09. The lowest BCUT2D eigenvalue weighted by atomic mass is 10.2. The summed E-state index contributed by atoms with van der Waals surface area (Å²) in [4.78, 5) is 0.304. The molecular weight excluding hydrogens is 234 g/mol. The fraction of sp³-hybridized carbons (Fsp3) is 0.400. The Bertz CT molecular complexity index is 423. The standard InChI is InChI=1S/C10H14ClNO2S/c1-7(2)15(13,14)9-5-3-8(4-6-9)10(11)12/h3-7,10H,12H2,1-2H3. The van der Waals surface area contributed by atoms with Crippen LogP contribution in [-0.4, -0.2) is 13.7 Å². The molecule has 1 unspecified atom stereocenters. The van der Waals surface area contributed by atoms with Gasteiger partial charge in [0.1, 0.15) is 5.50 Å². The number of hydrogen-bond acceptors (Lipinski definition) is 3. The zero-order valence-electron chi connectivity index (χ0n) is 8.64. The van der Waals surface area contributed by atoms with E-state index in [1.54, 1.807) is 26.0 Å². The monoisotopic (exact) mass is 247 g/mol. The van der Waals surface area contributed by atoms with E-state index >= 15 is 0 Å². The van der Waals surface area contributed by atoms with Crippen molar-refractivity contribution in [2.75, 3.05) is 0 Å². The maximum absolute atomic E-state index is 11.7. The van der Waals surface area contributed by atoms with Crippen molar-refractivity contribution in [3.63, 3.8) is 0 Å². The molecule has 0 saturated carbocycles. The Balaban J connectivity index is 3.10. The second-order valence-electron chi connectivity index (χ2n) is 3.56. The minimum Gasteiger partial charge on any atom is -0.312 e. The zero-order chi connectivity index (χ0) is 11.6. The quantitative estimate of drug-likeness (QED) is 0.657. The van der Waals surface area contributed by atoms with Gasteiger partial charge in [0.05, 0.1) is 10.1 Å². The highest BCUT2D eigenvalue weighted by Gasteiger charge is 2.18. The highest BCUT2D eigenvalue weighted by molar-refractivity contribution is 7.92. The summed E-state index contributed by atoms with van der Waals surface area (Å²) in [6.45, 7) is 3.30. The molecule has 0 fully saturated rings. The molecule has 0 aliphatic carbocycles. The van der Waals surface area contributed by atoms with Gasteiger partial charge in [-0.15, -0.1) is 11.6 Å². The van der Waals surface area contributed by atoms with Gasteiger partial charge in [-0.25, -0.2) is 8.42 Å². The summed E-state index contributed by atoms with van der Waals surface area (Å²) < 4.78 is 23.5. The molecule has 0 aliphatic rings. The predicted molar refractivity (Wildman–Crippen MR) is 61.5 cm³/mol. The van der Waals surface area contributed by atoms with E-state index in [9.17, 15) is 8.42 Å². The van der Waals surface area contributed by atoms with Crippen molar-refractivity contribution >= 4 is 21.4 Å². The summed E-state index contributed by atoms with van der Waals surface area (Å²) >= 11 is 5.66. The molecule has 0 saturated heterocycles. The molecule has 0 aromatic heterocycles. The van der Waals surface area contributed by atoms with Gasteiger partial charge in [0.15, 0.2) is 9.84 Å². The Morgan fingerprint density at radius 2 is 1.67 bits per heavy atom. The topological polar surface area (TPSA) is 60.2 Å². The number of sulfone groups is 1. The third-order valence-electron chi connectivity index (χ3n) is 2.15. The van der Waals surface area contributed by atoms with Gasteiger partial charge in [-0.3, -0.25) is 0 Å². The van der Waals surface area contributed by atoms with Crippen molar-refractivity contribution in [2.45, 2.75) is 29.5 Å². The molecule has 0 bridgehead atoms. The van der Waals surface area contributed by atoms with Gasteiger partial charge in [0.25, 0.3) is 0 Å². The van der Waals surface area contributed by atoms with Gasteiger partial charge in [0.2, 0.25) is 0 Å². The summed E-state index contributed by atoms with van der Waals surface area (Å²) in [6.07, 6.45) is 0. The molecule has 84 valence electrons. The summed E-state index contributed by atoms with van der Waals surface area (Å²) in [7, 11) is -3.20. The van der Waals surface area contributed by atoms with E-state index in [4.69, 9.17) is 17.3 Å². The molecule has 2 N–H and O–H groups in total. The van der Waals surface area contributed by atoms with E-state index in [1.807, 2.05) is 0 Å². The van der Waals surface area contributed by atoms with Crippen LogP contribution in [0.25, 0.3) is 0 Å². The van der Waals surface area contributed by atoms with E-state index in [1.165, 1.54) is 12.1 Å². The molecular formula is C10H14ClNO2S. The normalized spacial score (nSPS) is 14.2. The Kier molecular flexibility index (Phi) is 3.76. The fourth-order valence-electron chi connectivity index (χ4n) is 1.11. The van der Waals surface area contributed by atoms with Gasteiger partial charge in [-0.05, 0) is 31.5 Å². The highest BCUT2D eigenvalue weighted by Crippen LogP contribution is 2.20. The van der Waals surface area contributed by atoms with Crippen LogP contribution in [0.2, 0.25) is 0 Å². The van der Waals surface area contributed by atoms with Gasteiger partial charge in [0, 0.05) is 0 Å². The minimum atomic E-state index is -3.20. The van der Waals surface area contributed by atoms with E-state index in [-0.39, 0.29) is 0 Å². The minimum absolute atomic E-state index is 0.304. The van der Waals surface area contributed by atoms with E-state index in [2.05, 4.69) is 0 Å². The zero-order valence-corrected chi connectivity index (χ0v) is 10.2. The maximum Gasteiger partial charge on any atom is 0.180 e. The SMILES string of the molecule is CC(C)S(=O)(=O)c1ccc(C(N)Cl)cc1. The van der Waals surface area contributed by atoms with Crippen LogP contribution < -0.4 is 5.73 Å². The summed E-state index contributed by atoms with van der Waals surface area (Å²) in [5, 5.41) is -0.423. The average molecular weight is 248 g/mol. The first-order chi connectivity index (χ1) is 6.85. The number of halogens is 1. The van der Waals surface area contributed by atoms with Crippen LogP contribution in [0, 0.1) is 0 Å². The first kappa shape index (κ1) is 12.5. The molecule has 1 aromatic rings. The van der Waals surface area contributed by atoms with Gasteiger partial charge in [-0.2, -0.15) is 0 Å². The number of rotatable bonds is 3. The summed E-state index contributed by atoms with van der Waals surface area (Å²) in [5.41, 5.74) is 5.56. The first-order valence-corrected chi connectivity index (χ1v) is 6.57. The molecule has 0 amide bonds. The van der Waals surface area contributed by atoms with E-state index < -0.39 is 20.6 Å². The molecule has 1 rings (SSSR count). The Morgan fingerprint density at radius 3 is 2.00 bits per heavy atom. The van der Waals surface area contributed by atoms with Gasteiger partial charge >= 0.3 is 0 Å². The molecule has 15 heavy (non-hydrogen) atoms. The number of benzene rings is 1. The van der Waals surface area contributed by atoms with Crippen LogP contribution in [0.1, 0.15) is 24.9 Å². The molecule has 0 radical (unpaired) electrons. The third-order valence-corrected chi connectivity index (χ3v) is 4.57. The molecule has 5 heteroatoms. The largest absolute Gasteiger partial charge is 0.312 e. The molecule has 0 aliphatic heterocycles. The van der Waals surface area contributed by atoms with Crippen molar-refractivity contribution < 1.29 is 8.42 Å². The molecule has 0 heterocycles. The van der Waals surface area contributed by atoms with Crippen LogP contribution in [0.5, 0.6) is 0 Å². The Labute approximate surface area is 95.2 Å². The summed E-state index contributed by atoms with van der Waals surface area (Å²) in [6, 6.07) is 6.33. The van der Waals surface area contributed by atoms with Crippen molar-refractivity contribution in [2.24, 2.45) is 5.73 Å². The van der Waals surface area contributed by atoms with Gasteiger partial charge in [-0.1, -0.05) is 12.1 Å². The van der Waals surface area contributed by atoms with Crippen molar-refractivity contribution in [1.29, 1.82) is 0 Å². The Morgan fingerprint density at radius 1 is 1.20 bits per heavy atom.